The van der Waals surface area contributed by atoms with E-state index in [0.29, 0.717) is 12.3 Å². The van der Waals surface area contributed by atoms with Crippen molar-refractivity contribution in [3.8, 4) is 0 Å². The van der Waals surface area contributed by atoms with Crippen LogP contribution in [0.2, 0.25) is 0 Å². The minimum Gasteiger partial charge on any atom is -0.339 e. The number of hydrogen-bond donors (Lipinski definition) is 2. The fraction of sp³-hybridized carbons (Fsp3) is 0.583. The Morgan fingerprint density at radius 1 is 1.50 bits per heavy atom. The summed E-state index contributed by atoms with van der Waals surface area (Å²) < 4.78 is 5.31. The molecular weight excluding hydrogens is 280 g/mol. The van der Waals surface area contributed by atoms with E-state index in [1.54, 1.807) is 0 Å². The van der Waals surface area contributed by atoms with Crippen LogP contribution in [0.1, 0.15) is 29.1 Å². The van der Waals surface area contributed by atoms with Crippen LogP contribution >= 0.6 is 12.4 Å². The van der Waals surface area contributed by atoms with Gasteiger partial charge in [0.15, 0.2) is 5.82 Å². The maximum Gasteiger partial charge on any atom is 0.232 e. The summed E-state index contributed by atoms with van der Waals surface area (Å²) in [7, 11) is 2.08. The van der Waals surface area contributed by atoms with E-state index in [-0.39, 0.29) is 18.4 Å². The molecule has 7 nitrogen and oxygen atoms in total. The molecule has 1 atom stereocenters. The van der Waals surface area contributed by atoms with Crippen LogP contribution in [0, 0.1) is 6.92 Å². The highest BCUT2D eigenvalue weighted by Gasteiger charge is 2.25. The van der Waals surface area contributed by atoms with Crippen LogP contribution in [0.5, 0.6) is 0 Å². The van der Waals surface area contributed by atoms with Crippen molar-refractivity contribution in [3.05, 3.63) is 29.2 Å². The first-order valence-corrected chi connectivity index (χ1v) is 6.46. The molecule has 1 fully saturated rings. The average molecular weight is 299 g/mol. The molecule has 0 aromatic carbocycles. The lowest BCUT2D eigenvalue weighted by Gasteiger charge is -2.30. The van der Waals surface area contributed by atoms with E-state index in [1.165, 1.54) is 0 Å². The van der Waals surface area contributed by atoms with Gasteiger partial charge < -0.3 is 9.84 Å². The Morgan fingerprint density at radius 3 is 3.05 bits per heavy atom. The summed E-state index contributed by atoms with van der Waals surface area (Å²) in [5.74, 6) is 1.36. The Bertz CT molecular complexity index is 554. The molecule has 0 spiro atoms. The Hall–Kier alpha value is -1.44. The van der Waals surface area contributed by atoms with Crippen LogP contribution in [-0.4, -0.2) is 51.9 Å². The van der Waals surface area contributed by atoms with Gasteiger partial charge in [0.25, 0.3) is 0 Å². The first kappa shape index (κ1) is 15.0. The molecule has 2 aromatic heterocycles. The second kappa shape index (κ2) is 6.34. The summed E-state index contributed by atoms with van der Waals surface area (Å²) in [6.45, 7) is 4.83. The number of piperazine rings is 1. The molecule has 1 unspecified atom stereocenters. The van der Waals surface area contributed by atoms with E-state index < -0.39 is 0 Å². The summed E-state index contributed by atoms with van der Waals surface area (Å²) in [6, 6.07) is 2.17. The number of nitrogens with zero attached hydrogens (tertiary/aromatic N) is 4. The smallest absolute Gasteiger partial charge is 0.232 e. The topological polar surface area (TPSA) is 82.9 Å². The second-order valence-electron chi connectivity index (χ2n) is 4.97. The number of aromatic amines is 1. The van der Waals surface area contributed by atoms with E-state index in [1.807, 2.05) is 13.0 Å². The number of aromatic nitrogens is 4. The van der Waals surface area contributed by atoms with Gasteiger partial charge in [0, 0.05) is 25.3 Å². The molecule has 20 heavy (non-hydrogen) atoms. The molecule has 3 heterocycles. The predicted octanol–water partition coefficient (Wildman–Crippen LogP) is 0.690. The number of hydrogen-bond acceptors (Lipinski definition) is 6. The molecule has 3 rings (SSSR count). The van der Waals surface area contributed by atoms with Crippen LogP contribution in [0.4, 0.5) is 0 Å². The lowest BCUT2D eigenvalue weighted by Crippen LogP contribution is -2.44. The van der Waals surface area contributed by atoms with Crippen molar-refractivity contribution in [2.24, 2.45) is 0 Å². The maximum absolute atomic E-state index is 5.31. The molecular formula is C12H19ClN6O. The van der Waals surface area contributed by atoms with Gasteiger partial charge in [-0.05, 0) is 20.0 Å². The molecule has 0 amide bonds. The first-order valence-electron chi connectivity index (χ1n) is 6.46. The van der Waals surface area contributed by atoms with Crippen molar-refractivity contribution in [2.75, 3.05) is 26.7 Å². The molecule has 110 valence electrons. The maximum atomic E-state index is 5.31. The largest absolute Gasteiger partial charge is 0.339 e. The Morgan fingerprint density at radius 2 is 2.35 bits per heavy atom. The third-order valence-electron chi connectivity index (χ3n) is 3.38. The van der Waals surface area contributed by atoms with Crippen molar-refractivity contribution in [1.82, 2.24) is 30.6 Å². The average Bonchev–Trinajstić information content (AvgIpc) is 3.00. The highest BCUT2D eigenvalue weighted by Crippen LogP contribution is 2.18. The van der Waals surface area contributed by atoms with Gasteiger partial charge in [-0.3, -0.25) is 10.00 Å². The third-order valence-corrected chi connectivity index (χ3v) is 3.38. The van der Waals surface area contributed by atoms with Gasteiger partial charge in [0.05, 0.1) is 18.2 Å². The number of aryl methyl sites for hydroxylation is 1. The second-order valence-corrected chi connectivity index (χ2v) is 4.97. The van der Waals surface area contributed by atoms with Gasteiger partial charge in [-0.1, -0.05) is 5.16 Å². The van der Waals surface area contributed by atoms with Crippen molar-refractivity contribution in [2.45, 2.75) is 19.4 Å². The van der Waals surface area contributed by atoms with E-state index in [4.69, 9.17) is 4.52 Å². The lowest BCUT2D eigenvalue weighted by molar-refractivity contribution is 0.190. The molecule has 1 saturated heterocycles. The predicted molar refractivity (Wildman–Crippen MR) is 75.9 cm³/mol. The van der Waals surface area contributed by atoms with E-state index >= 15 is 0 Å². The van der Waals surface area contributed by atoms with Crippen molar-refractivity contribution >= 4 is 12.4 Å². The monoisotopic (exact) mass is 298 g/mol. The Balaban J connectivity index is 0.00000147. The van der Waals surface area contributed by atoms with Crippen LogP contribution < -0.4 is 5.32 Å². The molecule has 0 aliphatic carbocycles. The molecule has 0 radical (unpaired) electrons. The summed E-state index contributed by atoms with van der Waals surface area (Å²) >= 11 is 0. The van der Waals surface area contributed by atoms with Gasteiger partial charge in [-0.15, -0.1) is 12.4 Å². The first-order chi connectivity index (χ1) is 9.22. The zero-order valence-corrected chi connectivity index (χ0v) is 12.4. The van der Waals surface area contributed by atoms with Gasteiger partial charge in [-0.25, -0.2) is 0 Å². The third kappa shape index (κ3) is 3.17. The van der Waals surface area contributed by atoms with Crippen LogP contribution in [0.25, 0.3) is 0 Å². The molecule has 0 saturated carbocycles. The van der Waals surface area contributed by atoms with Gasteiger partial charge in [0.2, 0.25) is 5.89 Å². The quantitative estimate of drug-likeness (QED) is 0.867. The van der Waals surface area contributed by atoms with Crippen LogP contribution in [0.3, 0.4) is 0 Å². The number of likely N-dealkylation sites (N-methyl/N-ethyl adjacent to an activating group) is 1. The summed E-state index contributed by atoms with van der Waals surface area (Å²) in [6.07, 6.45) is 0.571. The molecule has 8 heteroatoms. The fourth-order valence-corrected chi connectivity index (χ4v) is 2.29. The molecule has 1 aliphatic rings. The summed E-state index contributed by atoms with van der Waals surface area (Å²) in [5, 5.41) is 14.5. The Labute approximate surface area is 123 Å². The summed E-state index contributed by atoms with van der Waals surface area (Å²) in [4.78, 5) is 6.72. The van der Waals surface area contributed by atoms with Gasteiger partial charge in [0.1, 0.15) is 0 Å². The van der Waals surface area contributed by atoms with Crippen molar-refractivity contribution < 1.29 is 4.52 Å². The number of halogens is 1. The van der Waals surface area contributed by atoms with Crippen LogP contribution in [-0.2, 0) is 6.42 Å². The fourth-order valence-electron chi connectivity index (χ4n) is 2.29. The molecule has 2 N–H and O–H groups in total. The van der Waals surface area contributed by atoms with Crippen LogP contribution in [0.15, 0.2) is 10.6 Å². The van der Waals surface area contributed by atoms with Gasteiger partial charge in [-0.2, -0.15) is 10.1 Å². The molecule has 1 aliphatic heterocycles. The van der Waals surface area contributed by atoms with E-state index in [9.17, 15) is 0 Å². The van der Waals surface area contributed by atoms with Gasteiger partial charge >= 0.3 is 0 Å². The standard InChI is InChI=1S/C12H18N6O.ClH/c1-8-5-9(16-15-8)6-11-14-12(17-19-11)10-7-13-3-4-18(10)2;/h5,10,13H,3-4,6-7H2,1-2H3,(H,15,16);1H. The number of H-pyrrole nitrogens is 1. The molecule has 2 aromatic rings. The number of rotatable bonds is 3. The Kier molecular flexibility index (Phi) is 4.74. The number of nitrogens with one attached hydrogen (secondary N) is 2. The van der Waals surface area contributed by atoms with E-state index in [2.05, 4.69) is 37.6 Å². The highest BCUT2D eigenvalue weighted by atomic mass is 35.5. The lowest BCUT2D eigenvalue weighted by atomic mass is 10.2. The van der Waals surface area contributed by atoms with Crippen molar-refractivity contribution in [1.29, 1.82) is 0 Å². The van der Waals surface area contributed by atoms with E-state index in [0.717, 1.165) is 36.8 Å². The zero-order chi connectivity index (χ0) is 13.2. The minimum absolute atomic E-state index is 0. The molecule has 0 bridgehead atoms. The highest BCUT2D eigenvalue weighted by molar-refractivity contribution is 5.85. The van der Waals surface area contributed by atoms with Crippen molar-refractivity contribution in [3.63, 3.8) is 0 Å². The SMILES string of the molecule is Cc1cc(Cc2nc(C3CNCCN3C)no2)n[nH]1.Cl. The normalized spacial score (nSPS) is 19.8. The minimum atomic E-state index is 0. The zero-order valence-electron chi connectivity index (χ0n) is 11.6. The summed E-state index contributed by atoms with van der Waals surface area (Å²) in [5.41, 5.74) is 1.95.